The van der Waals surface area contributed by atoms with E-state index in [1.807, 2.05) is 6.92 Å². The van der Waals surface area contributed by atoms with Crippen molar-refractivity contribution >= 4 is 5.91 Å². The van der Waals surface area contributed by atoms with Crippen LogP contribution in [0.1, 0.15) is 42.4 Å². The van der Waals surface area contributed by atoms with Crippen LogP contribution in [0.4, 0.5) is 8.78 Å². The average molecular weight is 335 g/mol. The smallest absolute Gasteiger partial charge is 0.274 e. The van der Waals surface area contributed by atoms with Crippen molar-refractivity contribution in [3.8, 4) is 0 Å². The van der Waals surface area contributed by atoms with Gasteiger partial charge in [-0.15, -0.1) is 0 Å². The van der Waals surface area contributed by atoms with Crippen molar-refractivity contribution in [1.82, 2.24) is 14.7 Å². The summed E-state index contributed by atoms with van der Waals surface area (Å²) in [6, 6.07) is 5.70. The minimum absolute atomic E-state index is 0.125. The molecule has 1 unspecified atom stereocenters. The molecule has 0 N–H and O–H groups in total. The topological polar surface area (TPSA) is 55.2 Å². The average Bonchev–Trinajstić information content (AvgIpc) is 2.57. The first kappa shape index (κ1) is 17.8. The number of benzene rings is 1. The third kappa shape index (κ3) is 3.67. The number of carbonyl (C=O) groups excluding carboxylic acids is 1. The summed E-state index contributed by atoms with van der Waals surface area (Å²) in [5.74, 6) is -2.31. The predicted octanol–water partition coefficient (Wildman–Crippen LogP) is 2.76. The summed E-state index contributed by atoms with van der Waals surface area (Å²) in [7, 11) is 1.55. The van der Waals surface area contributed by atoms with Gasteiger partial charge in [-0.25, -0.2) is 13.5 Å². The Kier molecular flexibility index (Phi) is 5.43. The van der Waals surface area contributed by atoms with Gasteiger partial charge in [-0.05, 0) is 37.1 Å². The van der Waals surface area contributed by atoms with Crippen LogP contribution < -0.4 is 5.56 Å². The summed E-state index contributed by atoms with van der Waals surface area (Å²) in [6.07, 6.45) is 0.714. The van der Waals surface area contributed by atoms with Gasteiger partial charge in [0, 0.05) is 19.7 Å². The van der Waals surface area contributed by atoms with Gasteiger partial charge in [0.2, 0.25) is 0 Å². The van der Waals surface area contributed by atoms with Crippen molar-refractivity contribution in [2.75, 3.05) is 7.05 Å². The standard InChI is InChI=1S/C17H19F2N3O2/c1-4-9-22-16(23)8-7-15(20-22)17(24)21(3)11(2)12-5-6-13(18)14(19)10-12/h5-8,10-11H,4,9H2,1-3H3. The maximum Gasteiger partial charge on any atom is 0.274 e. The van der Waals surface area contributed by atoms with Gasteiger partial charge in [0.1, 0.15) is 5.69 Å². The molecule has 0 aliphatic rings. The van der Waals surface area contributed by atoms with Crippen LogP contribution in [0, 0.1) is 11.6 Å². The fourth-order valence-electron chi connectivity index (χ4n) is 2.29. The highest BCUT2D eigenvalue weighted by atomic mass is 19.2. The maximum atomic E-state index is 13.4. The zero-order valence-electron chi connectivity index (χ0n) is 13.8. The van der Waals surface area contributed by atoms with E-state index >= 15 is 0 Å². The van der Waals surface area contributed by atoms with Gasteiger partial charge in [0.05, 0.1) is 6.04 Å². The van der Waals surface area contributed by atoms with Crippen LogP contribution in [0.15, 0.2) is 35.1 Å². The zero-order valence-corrected chi connectivity index (χ0v) is 13.8. The molecule has 24 heavy (non-hydrogen) atoms. The molecule has 1 aromatic heterocycles. The largest absolute Gasteiger partial charge is 0.334 e. The molecule has 0 saturated heterocycles. The monoisotopic (exact) mass is 335 g/mol. The van der Waals surface area contributed by atoms with Crippen molar-refractivity contribution in [1.29, 1.82) is 0 Å². The second-order valence-corrected chi connectivity index (χ2v) is 5.55. The molecular weight excluding hydrogens is 316 g/mol. The Bertz CT molecular complexity index is 805. The number of aromatic nitrogens is 2. The van der Waals surface area contributed by atoms with E-state index < -0.39 is 23.6 Å². The van der Waals surface area contributed by atoms with Crippen molar-refractivity contribution in [2.45, 2.75) is 32.9 Å². The SMILES string of the molecule is CCCn1nc(C(=O)N(C)C(C)c2ccc(F)c(F)c2)ccc1=O. The van der Waals surface area contributed by atoms with Gasteiger partial charge in [-0.2, -0.15) is 5.10 Å². The highest BCUT2D eigenvalue weighted by Crippen LogP contribution is 2.22. The fraction of sp³-hybridized carbons (Fsp3) is 0.353. The Balaban J connectivity index is 2.26. The minimum Gasteiger partial charge on any atom is -0.334 e. The van der Waals surface area contributed by atoms with Crippen LogP contribution in [0.3, 0.4) is 0 Å². The molecule has 128 valence electrons. The number of nitrogens with zero attached hydrogens (tertiary/aromatic N) is 3. The van der Waals surface area contributed by atoms with E-state index in [0.717, 1.165) is 12.1 Å². The molecule has 2 aromatic rings. The summed E-state index contributed by atoms with van der Waals surface area (Å²) >= 11 is 0. The zero-order chi connectivity index (χ0) is 17.9. The van der Waals surface area contributed by atoms with Gasteiger partial charge in [0.25, 0.3) is 11.5 Å². The van der Waals surface area contributed by atoms with Gasteiger partial charge in [-0.3, -0.25) is 9.59 Å². The summed E-state index contributed by atoms with van der Waals surface area (Å²) in [5.41, 5.74) is 0.316. The van der Waals surface area contributed by atoms with E-state index in [0.29, 0.717) is 18.5 Å². The van der Waals surface area contributed by atoms with E-state index in [4.69, 9.17) is 0 Å². The first-order valence-electron chi connectivity index (χ1n) is 7.65. The Morgan fingerprint density at radius 3 is 2.58 bits per heavy atom. The first-order valence-corrected chi connectivity index (χ1v) is 7.65. The molecule has 1 amide bonds. The van der Waals surface area contributed by atoms with Crippen LogP contribution in [0.25, 0.3) is 0 Å². The number of rotatable bonds is 5. The van der Waals surface area contributed by atoms with Crippen molar-refractivity contribution in [3.63, 3.8) is 0 Å². The highest BCUT2D eigenvalue weighted by Gasteiger charge is 2.21. The maximum absolute atomic E-state index is 13.4. The number of aryl methyl sites for hydroxylation is 1. The lowest BCUT2D eigenvalue weighted by atomic mass is 10.1. The quantitative estimate of drug-likeness (QED) is 0.844. The first-order chi connectivity index (χ1) is 11.3. The molecule has 0 fully saturated rings. The highest BCUT2D eigenvalue weighted by molar-refractivity contribution is 5.92. The Morgan fingerprint density at radius 1 is 1.25 bits per heavy atom. The molecule has 1 atom stereocenters. The van der Waals surface area contributed by atoms with Gasteiger partial charge < -0.3 is 4.90 Å². The molecular formula is C17H19F2N3O2. The van der Waals surface area contributed by atoms with E-state index in [9.17, 15) is 18.4 Å². The minimum atomic E-state index is -0.963. The van der Waals surface area contributed by atoms with E-state index in [1.165, 1.54) is 27.8 Å². The van der Waals surface area contributed by atoms with Gasteiger partial charge >= 0.3 is 0 Å². The van der Waals surface area contributed by atoms with Crippen molar-refractivity contribution in [3.05, 3.63) is 63.6 Å². The van der Waals surface area contributed by atoms with Crippen LogP contribution in [-0.2, 0) is 6.54 Å². The summed E-state index contributed by atoms with van der Waals surface area (Å²) in [6.45, 7) is 4.02. The van der Waals surface area contributed by atoms with Crippen LogP contribution in [-0.4, -0.2) is 27.6 Å². The Hall–Kier alpha value is -2.57. The second-order valence-electron chi connectivity index (χ2n) is 5.55. The van der Waals surface area contributed by atoms with E-state index in [2.05, 4.69) is 5.10 Å². The van der Waals surface area contributed by atoms with Crippen LogP contribution in [0.2, 0.25) is 0 Å². The molecule has 0 radical (unpaired) electrons. The molecule has 0 saturated carbocycles. The summed E-state index contributed by atoms with van der Waals surface area (Å²) in [5, 5.41) is 4.07. The normalized spacial score (nSPS) is 12.0. The third-order valence-electron chi connectivity index (χ3n) is 3.85. The molecule has 0 aliphatic heterocycles. The Morgan fingerprint density at radius 2 is 1.96 bits per heavy atom. The second kappa shape index (κ2) is 7.33. The van der Waals surface area contributed by atoms with E-state index in [-0.39, 0.29) is 11.3 Å². The molecule has 1 heterocycles. The predicted molar refractivity (Wildman–Crippen MR) is 85.7 cm³/mol. The van der Waals surface area contributed by atoms with Crippen molar-refractivity contribution < 1.29 is 13.6 Å². The number of hydrogen-bond acceptors (Lipinski definition) is 3. The molecule has 0 spiro atoms. The number of halogens is 2. The van der Waals surface area contributed by atoms with Crippen LogP contribution in [0.5, 0.6) is 0 Å². The third-order valence-corrected chi connectivity index (χ3v) is 3.85. The lowest BCUT2D eigenvalue weighted by Gasteiger charge is -2.25. The fourth-order valence-corrected chi connectivity index (χ4v) is 2.29. The number of carbonyl (C=O) groups is 1. The van der Waals surface area contributed by atoms with Gasteiger partial charge in [-0.1, -0.05) is 13.0 Å². The lowest BCUT2D eigenvalue weighted by Crippen LogP contribution is -2.33. The van der Waals surface area contributed by atoms with Gasteiger partial charge in [0.15, 0.2) is 11.6 Å². The number of hydrogen-bond donors (Lipinski definition) is 0. The molecule has 7 heteroatoms. The molecule has 0 aliphatic carbocycles. The van der Waals surface area contributed by atoms with E-state index in [1.54, 1.807) is 14.0 Å². The summed E-state index contributed by atoms with van der Waals surface area (Å²) < 4.78 is 27.7. The molecule has 1 aromatic carbocycles. The number of amides is 1. The van der Waals surface area contributed by atoms with Crippen molar-refractivity contribution in [2.24, 2.45) is 0 Å². The van der Waals surface area contributed by atoms with Crippen LogP contribution >= 0.6 is 0 Å². The molecule has 5 nitrogen and oxygen atoms in total. The lowest BCUT2D eigenvalue weighted by molar-refractivity contribution is 0.0733. The molecule has 0 bridgehead atoms. The molecule has 2 rings (SSSR count). The Labute approximate surface area is 138 Å². The summed E-state index contributed by atoms with van der Waals surface area (Å²) in [4.78, 5) is 25.6.